The lowest BCUT2D eigenvalue weighted by molar-refractivity contribution is -0.167. The largest absolute Gasteiger partial charge is 0.491 e. The molecule has 0 aliphatic rings. The number of nitrogens with one attached hydrogen (secondary N) is 3. The van der Waals surface area contributed by atoms with Gasteiger partial charge in [0.25, 0.3) is 5.91 Å². The molecule has 10 nitrogen and oxygen atoms in total. The first-order valence-electron chi connectivity index (χ1n) is 10.2. The second-order valence-corrected chi connectivity index (χ2v) is 6.05. The molecule has 0 spiro atoms. The molecule has 0 saturated heterocycles. The Morgan fingerprint density at radius 3 is 2.68 bits per heavy atom. The van der Waals surface area contributed by atoms with Crippen LogP contribution in [0.4, 0.5) is 30.5 Å². The third-order valence-corrected chi connectivity index (χ3v) is 4.15. The van der Waals surface area contributed by atoms with Gasteiger partial charge in [-0.2, -0.15) is 18.3 Å². The Hall–Kier alpha value is -3.90. The van der Waals surface area contributed by atoms with Gasteiger partial charge < -0.3 is 20.7 Å². The van der Waals surface area contributed by atoms with E-state index >= 15 is 0 Å². The number of halogens is 3. The molecule has 3 heterocycles. The monoisotopic (exact) mass is 440 g/mol. The van der Waals surface area contributed by atoms with Gasteiger partial charge in [-0.25, -0.2) is 9.97 Å². The van der Waals surface area contributed by atoms with E-state index < -0.39 is 30.8 Å². The quantitative estimate of drug-likeness (QED) is 0.538. The SMILES string of the molecule is [2H]C([2H])([2H])NC(=O)c1cnc(NC(=O)C(F)(F)F)cc1Nc1ncc2cnn(CC)c2c1OC. The van der Waals surface area contributed by atoms with E-state index in [-0.39, 0.29) is 22.8 Å². The number of carbonyl (C=O) groups excluding carboxylic acids is 2. The number of methoxy groups -OCH3 is 1. The highest BCUT2D eigenvalue weighted by atomic mass is 19.4. The average molecular weight is 440 g/mol. The number of pyridine rings is 2. The number of aryl methyl sites for hydroxylation is 1. The Kier molecular flexibility index (Phi) is 4.89. The summed E-state index contributed by atoms with van der Waals surface area (Å²) in [6.07, 6.45) is -1.35. The van der Waals surface area contributed by atoms with Gasteiger partial charge in [0.1, 0.15) is 11.3 Å². The minimum absolute atomic E-state index is 0.0485. The molecule has 3 N–H and O–H groups in total. The molecule has 2 amide bonds. The fraction of sp³-hybridized carbons (Fsp3) is 0.278. The van der Waals surface area contributed by atoms with Crippen LogP contribution in [0.5, 0.6) is 5.75 Å². The lowest BCUT2D eigenvalue weighted by Crippen LogP contribution is -2.30. The van der Waals surface area contributed by atoms with Crippen molar-refractivity contribution in [1.82, 2.24) is 25.1 Å². The standard InChI is InChI=1S/C18H18F3N7O3/c1-4-28-13-9(7-25-28)6-24-15(14(13)31-3)26-11-5-12(27-17(30)18(19,20)21)23-8-10(11)16(29)22-2/h5-8H,4H2,1-3H3,(H,22,29)(H2,23,24,26,27,30)/i2D3. The molecular weight excluding hydrogens is 419 g/mol. The maximum Gasteiger partial charge on any atom is 0.471 e. The highest BCUT2D eigenvalue weighted by Crippen LogP contribution is 2.34. The molecule has 0 aliphatic heterocycles. The van der Waals surface area contributed by atoms with Crippen LogP contribution in [-0.2, 0) is 11.3 Å². The molecule has 0 unspecified atom stereocenters. The number of fused-ring (bicyclic) bond motifs is 1. The number of nitrogens with zero attached hydrogens (tertiary/aromatic N) is 4. The second-order valence-electron chi connectivity index (χ2n) is 6.05. The van der Waals surface area contributed by atoms with Crippen molar-refractivity contribution in [3.63, 3.8) is 0 Å². The summed E-state index contributed by atoms with van der Waals surface area (Å²) < 4.78 is 66.7. The third-order valence-electron chi connectivity index (χ3n) is 4.15. The Morgan fingerprint density at radius 1 is 1.26 bits per heavy atom. The molecule has 31 heavy (non-hydrogen) atoms. The number of rotatable bonds is 6. The molecule has 0 aliphatic carbocycles. The molecule has 13 heteroatoms. The molecule has 0 saturated carbocycles. The number of amides is 2. The van der Waals surface area contributed by atoms with E-state index in [1.807, 2.05) is 6.92 Å². The van der Waals surface area contributed by atoms with Gasteiger partial charge in [0, 0.05) is 41.5 Å². The molecule has 3 rings (SSSR count). The van der Waals surface area contributed by atoms with Crippen LogP contribution < -0.4 is 20.7 Å². The van der Waals surface area contributed by atoms with E-state index in [2.05, 4.69) is 20.4 Å². The van der Waals surface area contributed by atoms with Crippen molar-refractivity contribution >= 4 is 40.0 Å². The van der Waals surface area contributed by atoms with Crippen molar-refractivity contribution in [3.05, 3.63) is 30.2 Å². The summed E-state index contributed by atoms with van der Waals surface area (Å²) in [7, 11) is 1.36. The summed E-state index contributed by atoms with van der Waals surface area (Å²) in [6.45, 7) is -0.520. The predicted molar refractivity (Wildman–Crippen MR) is 105 cm³/mol. The van der Waals surface area contributed by atoms with Crippen molar-refractivity contribution in [3.8, 4) is 5.75 Å². The van der Waals surface area contributed by atoms with Gasteiger partial charge in [0.2, 0.25) is 0 Å². The minimum Gasteiger partial charge on any atom is -0.491 e. The summed E-state index contributed by atoms with van der Waals surface area (Å²) in [4.78, 5) is 31.6. The Labute approximate surface area is 178 Å². The van der Waals surface area contributed by atoms with Crippen molar-refractivity contribution in [2.24, 2.45) is 0 Å². The number of ether oxygens (including phenoxy) is 1. The summed E-state index contributed by atoms with van der Waals surface area (Å²) in [5.74, 6) is -3.67. The Bertz CT molecular complexity index is 1250. The van der Waals surface area contributed by atoms with Crippen molar-refractivity contribution in [1.29, 1.82) is 0 Å². The van der Waals surface area contributed by atoms with E-state index in [4.69, 9.17) is 8.85 Å². The van der Waals surface area contributed by atoms with Crippen LogP contribution in [0.25, 0.3) is 10.9 Å². The first-order chi connectivity index (χ1) is 15.8. The van der Waals surface area contributed by atoms with Gasteiger partial charge >= 0.3 is 12.1 Å². The second kappa shape index (κ2) is 8.45. The predicted octanol–water partition coefficient (Wildman–Crippen LogP) is 2.46. The number of hydrogen-bond donors (Lipinski definition) is 3. The number of carbonyl (C=O) groups is 2. The maximum absolute atomic E-state index is 12.6. The molecule has 0 aromatic carbocycles. The number of aromatic nitrogens is 4. The fourth-order valence-electron chi connectivity index (χ4n) is 2.76. The molecule has 0 radical (unpaired) electrons. The minimum atomic E-state index is -5.18. The number of anilines is 3. The van der Waals surface area contributed by atoms with Crippen LogP contribution in [0.3, 0.4) is 0 Å². The van der Waals surface area contributed by atoms with Gasteiger partial charge in [-0.3, -0.25) is 14.3 Å². The first-order valence-corrected chi connectivity index (χ1v) is 8.70. The lowest BCUT2D eigenvalue weighted by Gasteiger charge is -2.16. The smallest absolute Gasteiger partial charge is 0.471 e. The summed E-state index contributed by atoms with van der Waals surface area (Å²) in [6, 6.07) is 0.931. The molecular formula is C18H18F3N7O3. The van der Waals surface area contributed by atoms with E-state index in [0.717, 1.165) is 12.3 Å². The van der Waals surface area contributed by atoms with Crippen LogP contribution in [0.1, 0.15) is 21.4 Å². The topological polar surface area (TPSA) is 123 Å². The fourth-order valence-corrected chi connectivity index (χ4v) is 2.76. The summed E-state index contributed by atoms with van der Waals surface area (Å²) in [5, 5.41) is 10.9. The summed E-state index contributed by atoms with van der Waals surface area (Å²) in [5.41, 5.74) is 0.0201. The first kappa shape index (κ1) is 17.9. The van der Waals surface area contributed by atoms with Gasteiger partial charge in [0.15, 0.2) is 11.6 Å². The van der Waals surface area contributed by atoms with E-state index in [0.29, 0.717) is 17.4 Å². The third kappa shape index (κ3) is 4.34. The van der Waals surface area contributed by atoms with Crippen LogP contribution in [0, 0.1) is 0 Å². The highest BCUT2D eigenvalue weighted by Gasteiger charge is 2.39. The van der Waals surface area contributed by atoms with Crippen LogP contribution >= 0.6 is 0 Å². The zero-order valence-electron chi connectivity index (χ0n) is 19.2. The van der Waals surface area contributed by atoms with Crippen LogP contribution in [0.2, 0.25) is 0 Å². The maximum atomic E-state index is 12.6. The average Bonchev–Trinajstić information content (AvgIpc) is 3.15. The van der Waals surface area contributed by atoms with E-state index in [9.17, 15) is 22.8 Å². The van der Waals surface area contributed by atoms with Gasteiger partial charge in [-0.05, 0) is 6.92 Å². The Balaban J connectivity index is 2.09. The van der Waals surface area contributed by atoms with Crippen LogP contribution in [-0.4, -0.2) is 51.8 Å². The van der Waals surface area contributed by atoms with Gasteiger partial charge in [-0.1, -0.05) is 0 Å². The number of hydrogen-bond acceptors (Lipinski definition) is 7. The Morgan fingerprint density at radius 2 is 2.03 bits per heavy atom. The molecule has 3 aromatic heterocycles. The molecule has 0 fully saturated rings. The molecule has 0 bridgehead atoms. The van der Waals surface area contributed by atoms with Crippen molar-refractivity contribution in [2.45, 2.75) is 19.6 Å². The lowest BCUT2D eigenvalue weighted by atomic mass is 10.2. The van der Waals surface area contributed by atoms with E-state index in [1.165, 1.54) is 13.3 Å². The zero-order chi connectivity index (χ0) is 25.3. The van der Waals surface area contributed by atoms with Crippen molar-refractivity contribution < 1.29 is 31.6 Å². The number of alkyl halides is 3. The zero-order valence-corrected chi connectivity index (χ0v) is 16.2. The summed E-state index contributed by atoms with van der Waals surface area (Å²) >= 11 is 0. The molecule has 0 atom stereocenters. The highest BCUT2D eigenvalue weighted by molar-refractivity contribution is 6.02. The molecule has 3 aromatic rings. The van der Waals surface area contributed by atoms with E-state index in [1.54, 1.807) is 21.5 Å². The van der Waals surface area contributed by atoms with Gasteiger partial charge in [-0.15, -0.1) is 0 Å². The molecule has 164 valence electrons. The van der Waals surface area contributed by atoms with Gasteiger partial charge in [0.05, 0.1) is 24.6 Å². The normalized spacial score (nSPS) is 13.1. The van der Waals surface area contributed by atoms with Crippen LogP contribution in [0.15, 0.2) is 24.7 Å². The van der Waals surface area contributed by atoms with Crippen molar-refractivity contribution in [2.75, 3.05) is 24.7 Å².